The molecule has 3 rings (SSSR count). The van der Waals surface area contributed by atoms with E-state index in [0.717, 1.165) is 30.5 Å². The van der Waals surface area contributed by atoms with Crippen molar-refractivity contribution in [3.05, 3.63) is 17.7 Å². The van der Waals surface area contributed by atoms with Crippen LogP contribution in [0.1, 0.15) is 19.8 Å². The highest BCUT2D eigenvalue weighted by Gasteiger charge is 2.27. The normalized spacial score (nSPS) is 21.2. The highest BCUT2D eigenvalue weighted by Crippen LogP contribution is 2.33. The number of aryl methyl sites for hydroxylation is 1. The van der Waals surface area contributed by atoms with Gasteiger partial charge in [0.25, 0.3) is 0 Å². The minimum atomic E-state index is 0. The summed E-state index contributed by atoms with van der Waals surface area (Å²) in [6.45, 7) is 9.35. The fourth-order valence-electron chi connectivity index (χ4n) is 4.09. The van der Waals surface area contributed by atoms with E-state index in [0.29, 0.717) is 0 Å². The van der Waals surface area contributed by atoms with Crippen LogP contribution in [0.15, 0.2) is 12.1 Å². The van der Waals surface area contributed by atoms with E-state index in [2.05, 4.69) is 59.8 Å². The van der Waals surface area contributed by atoms with Crippen LogP contribution < -0.4 is 15.5 Å². The van der Waals surface area contributed by atoms with E-state index in [1.165, 1.54) is 50.3 Å². The summed E-state index contributed by atoms with van der Waals surface area (Å²) in [6, 6.07) is 5.15. The van der Waals surface area contributed by atoms with E-state index in [1.54, 1.807) is 0 Å². The molecule has 1 aromatic carbocycles. The number of hydrogen-bond donors (Lipinski definition) is 1. The largest absolute Gasteiger partial charge is 0.397 e. The number of nitrogen functional groups attached to an aromatic ring is 1. The van der Waals surface area contributed by atoms with E-state index in [1.807, 2.05) is 0 Å². The van der Waals surface area contributed by atoms with Gasteiger partial charge in [-0.15, -0.1) is 0 Å². The first-order valence-corrected chi connectivity index (χ1v) is 9.20. The van der Waals surface area contributed by atoms with Crippen molar-refractivity contribution >= 4 is 17.1 Å². The predicted octanol–water partition coefficient (Wildman–Crippen LogP) is 2.11. The van der Waals surface area contributed by atoms with Gasteiger partial charge < -0.3 is 20.4 Å². The molecule has 2 aliphatic rings. The molecule has 2 saturated heterocycles. The van der Waals surface area contributed by atoms with E-state index in [9.17, 15) is 0 Å². The van der Waals surface area contributed by atoms with Gasteiger partial charge in [0.05, 0.1) is 11.4 Å². The van der Waals surface area contributed by atoms with Crippen molar-refractivity contribution in [1.29, 1.82) is 0 Å². The van der Waals surface area contributed by atoms with Gasteiger partial charge in [-0.05, 0) is 44.5 Å². The monoisotopic (exact) mass is 333 g/mol. The van der Waals surface area contributed by atoms with Crippen molar-refractivity contribution in [3.8, 4) is 0 Å². The fraction of sp³-hybridized carbons (Fsp3) is 0.684. The van der Waals surface area contributed by atoms with Crippen LogP contribution >= 0.6 is 0 Å². The van der Waals surface area contributed by atoms with Crippen molar-refractivity contribution in [1.82, 2.24) is 9.80 Å². The number of anilines is 3. The molecule has 0 aromatic heterocycles. The Hall–Kier alpha value is -1.46. The molecular formula is C19H35N5. The number of likely N-dealkylation sites (N-methyl/N-ethyl adjacent to an activating group) is 1. The molecular weight excluding hydrogens is 298 g/mol. The van der Waals surface area contributed by atoms with Crippen LogP contribution in [0.3, 0.4) is 0 Å². The number of benzene rings is 1. The van der Waals surface area contributed by atoms with Crippen molar-refractivity contribution in [3.63, 3.8) is 0 Å². The van der Waals surface area contributed by atoms with E-state index in [4.69, 9.17) is 5.73 Å². The van der Waals surface area contributed by atoms with Crippen LogP contribution in [-0.4, -0.2) is 76.3 Å². The van der Waals surface area contributed by atoms with Gasteiger partial charge in [0, 0.05) is 66.5 Å². The van der Waals surface area contributed by atoms with Crippen molar-refractivity contribution in [2.75, 3.05) is 75.9 Å². The first-order valence-electron chi connectivity index (χ1n) is 9.20. The van der Waals surface area contributed by atoms with E-state index >= 15 is 0 Å². The second-order valence-electron chi connectivity index (χ2n) is 7.65. The van der Waals surface area contributed by atoms with Crippen LogP contribution in [0, 0.1) is 6.92 Å². The second-order valence-corrected chi connectivity index (χ2v) is 7.65. The van der Waals surface area contributed by atoms with Crippen molar-refractivity contribution in [2.24, 2.45) is 0 Å². The Labute approximate surface area is 148 Å². The number of piperazine rings is 1. The maximum atomic E-state index is 6.18. The number of nitrogens with two attached hydrogens (primary N) is 1. The zero-order chi connectivity index (χ0) is 17.3. The average Bonchev–Trinajstić information content (AvgIpc) is 2.55. The van der Waals surface area contributed by atoms with Gasteiger partial charge in [0.1, 0.15) is 0 Å². The number of rotatable bonds is 3. The Morgan fingerprint density at radius 3 is 2.25 bits per heavy atom. The Balaban J connectivity index is 0.00000225. The lowest BCUT2D eigenvalue weighted by atomic mass is 10.00. The lowest BCUT2D eigenvalue weighted by Crippen LogP contribution is -2.52. The minimum absolute atomic E-state index is 0. The van der Waals surface area contributed by atoms with Crippen molar-refractivity contribution in [2.45, 2.75) is 25.8 Å². The molecule has 2 N–H and O–H groups in total. The molecule has 136 valence electrons. The van der Waals surface area contributed by atoms with Crippen LogP contribution in [0.25, 0.3) is 0 Å². The van der Waals surface area contributed by atoms with Crippen LogP contribution in [0.4, 0.5) is 17.1 Å². The summed E-state index contributed by atoms with van der Waals surface area (Å²) >= 11 is 0. The van der Waals surface area contributed by atoms with Crippen LogP contribution in [0.2, 0.25) is 0 Å². The van der Waals surface area contributed by atoms with Gasteiger partial charge in [-0.2, -0.15) is 0 Å². The summed E-state index contributed by atoms with van der Waals surface area (Å²) in [4.78, 5) is 9.80. The first-order chi connectivity index (χ1) is 11.5. The molecule has 0 aliphatic carbocycles. The molecule has 0 bridgehead atoms. The molecule has 2 fully saturated rings. The maximum Gasteiger partial charge on any atom is 0.0615 e. The van der Waals surface area contributed by atoms with Gasteiger partial charge in [-0.1, -0.05) is 0 Å². The van der Waals surface area contributed by atoms with Gasteiger partial charge in [0.2, 0.25) is 0 Å². The molecule has 0 spiro atoms. The van der Waals surface area contributed by atoms with Crippen LogP contribution in [-0.2, 0) is 0 Å². The highest BCUT2D eigenvalue weighted by molar-refractivity contribution is 5.75. The van der Waals surface area contributed by atoms with Crippen molar-refractivity contribution < 1.29 is 1.43 Å². The molecule has 0 unspecified atom stereocenters. The summed E-state index contributed by atoms with van der Waals surface area (Å²) in [7, 11) is 6.35. The Bertz CT molecular complexity index is 561. The lowest BCUT2D eigenvalue weighted by molar-refractivity contribution is 0.0982. The first kappa shape index (κ1) is 17.4. The molecule has 24 heavy (non-hydrogen) atoms. The number of nitrogens with zero attached hydrogens (tertiary/aromatic N) is 4. The van der Waals surface area contributed by atoms with Gasteiger partial charge in [-0.3, -0.25) is 4.90 Å². The molecule has 2 aliphatic heterocycles. The topological polar surface area (TPSA) is 39.0 Å². The van der Waals surface area contributed by atoms with E-state index < -0.39 is 0 Å². The zero-order valence-electron chi connectivity index (χ0n) is 15.8. The second kappa shape index (κ2) is 7.19. The molecule has 0 atom stereocenters. The van der Waals surface area contributed by atoms with Crippen LogP contribution in [0.5, 0.6) is 0 Å². The Morgan fingerprint density at radius 2 is 1.67 bits per heavy atom. The summed E-state index contributed by atoms with van der Waals surface area (Å²) in [6.07, 6.45) is 2.54. The maximum absolute atomic E-state index is 6.18. The lowest BCUT2D eigenvalue weighted by Gasteiger charge is -2.43. The third kappa shape index (κ3) is 3.62. The Kier molecular flexibility index (Phi) is 5.21. The fourth-order valence-corrected chi connectivity index (χ4v) is 4.09. The van der Waals surface area contributed by atoms with Gasteiger partial charge >= 0.3 is 0 Å². The third-order valence-corrected chi connectivity index (χ3v) is 5.69. The quantitative estimate of drug-likeness (QED) is 0.858. The summed E-state index contributed by atoms with van der Waals surface area (Å²) in [5.41, 5.74) is 10.8. The molecule has 0 radical (unpaired) electrons. The van der Waals surface area contributed by atoms with Gasteiger partial charge in [-0.25, -0.2) is 0 Å². The molecule has 5 nitrogen and oxygen atoms in total. The molecule has 2 heterocycles. The third-order valence-electron chi connectivity index (χ3n) is 5.69. The summed E-state index contributed by atoms with van der Waals surface area (Å²) in [5.74, 6) is 0. The number of piperidine rings is 1. The summed E-state index contributed by atoms with van der Waals surface area (Å²) in [5, 5.41) is 0. The molecule has 5 heteroatoms. The molecule has 1 aromatic rings. The smallest absolute Gasteiger partial charge is 0.0615 e. The SMILES string of the molecule is Cc1cc(N)c(N(C)C)cc1N1CCC(N2CCN(C)CC2)CC1.[HH]. The predicted molar refractivity (Wildman–Crippen MR) is 106 cm³/mol. The Morgan fingerprint density at radius 1 is 1.04 bits per heavy atom. The average molecular weight is 334 g/mol. The van der Waals surface area contributed by atoms with Gasteiger partial charge in [0.15, 0.2) is 0 Å². The zero-order valence-corrected chi connectivity index (χ0v) is 15.8. The standard InChI is InChI=1S/C19H33N5.H2/c1-15-13-17(20)19(21(2)3)14-18(15)24-7-5-16(6-8-24)23-11-9-22(4)10-12-23;/h13-14,16H,5-12,20H2,1-4H3;1H. The van der Waals surface area contributed by atoms with E-state index in [-0.39, 0.29) is 1.43 Å². The molecule has 0 saturated carbocycles. The highest BCUT2D eigenvalue weighted by atomic mass is 15.3. The summed E-state index contributed by atoms with van der Waals surface area (Å²) < 4.78 is 0. The number of hydrogen-bond acceptors (Lipinski definition) is 5. The minimum Gasteiger partial charge on any atom is -0.397 e. The molecule has 0 amide bonds.